The van der Waals surface area contributed by atoms with Gasteiger partial charge in [-0.2, -0.15) is 5.48 Å². The van der Waals surface area contributed by atoms with Gasteiger partial charge in [0.15, 0.2) is 0 Å². The van der Waals surface area contributed by atoms with Crippen molar-refractivity contribution in [1.82, 2.24) is 26.5 Å². The zero-order valence-corrected chi connectivity index (χ0v) is 16.1. The molecule has 3 saturated heterocycles. The van der Waals surface area contributed by atoms with Gasteiger partial charge in [0.2, 0.25) is 5.91 Å². The van der Waals surface area contributed by atoms with Crippen molar-refractivity contribution in [2.75, 3.05) is 32.7 Å². The van der Waals surface area contributed by atoms with E-state index in [1.165, 1.54) is 0 Å². The second-order valence-corrected chi connectivity index (χ2v) is 8.75. The van der Waals surface area contributed by atoms with E-state index in [1.807, 2.05) is 0 Å². The zero-order chi connectivity index (χ0) is 18.6. The number of piperidine rings is 1. The number of hydroxylamine groups is 1. The SMILES string of the molecule is O=C(NC1CNN(CC2CCCC(F)C2)C1)C1CC(C2CCNCC2)ON1. The van der Waals surface area contributed by atoms with E-state index < -0.39 is 6.17 Å². The molecule has 4 rings (SSSR count). The summed E-state index contributed by atoms with van der Waals surface area (Å²) in [7, 11) is 0. The van der Waals surface area contributed by atoms with Gasteiger partial charge in [-0.05, 0) is 57.0 Å². The molecule has 4 fully saturated rings. The number of carbonyl (C=O) groups excluding carboxylic acids is 1. The monoisotopic (exact) mass is 383 g/mol. The van der Waals surface area contributed by atoms with Crippen molar-refractivity contribution in [1.29, 1.82) is 0 Å². The molecule has 8 heteroatoms. The lowest BCUT2D eigenvalue weighted by molar-refractivity contribution is -0.125. The van der Waals surface area contributed by atoms with Gasteiger partial charge in [0.05, 0.1) is 12.1 Å². The molecule has 3 aliphatic heterocycles. The molecular weight excluding hydrogens is 349 g/mol. The summed E-state index contributed by atoms with van der Waals surface area (Å²) in [5.74, 6) is 0.989. The molecule has 1 aliphatic carbocycles. The Bertz CT molecular complexity index is 504. The summed E-state index contributed by atoms with van der Waals surface area (Å²) in [5.41, 5.74) is 6.31. The van der Waals surface area contributed by atoms with Crippen LogP contribution in [0.3, 0.4) is 0 Å². The number of nitrogens with one attached hydrogen (secondary N) is 4. The molecule has 4 N–H and O–H groups in total. The van der Waals surface area contributed by atoms with Crippen molar-refractivity contribution in [3.63, 3.8) is 0 Å². The third kappa shape index (κ3) is 5.17. The molecule has 5 unspecified atom stereocenters. The smallest absolute Gasteiger partial charge is 0.239 e. The number of nitrogens with zero attached hydrogens (tertiary/aromatic N) is 1. The lowest BCUT2D eigenvalue weighted by atomic mass is 9.88. The van der Waals surface area contributed by atoms with Gasteiger partial charge in [-0.3, -0.25) is 15.1 Å². The molecular formula is C19H34FN5O2. The number of halogens is 1. The highest BCUT2D eigenvalue weighted by Gasteiger charge is 2.37. The first kappa shape index (κ1) is 19.5. The summed E-state index contributed by atoms with van der Waals surface area (Å²) in [6.45, 7) is 4.47. The van der Waals surface area contributed by atoms with Gasteiger partial charge < -0.3 is 10.6 Å². The highest BCUT2D eigenvalue weighted by atomic mass is 19.1. The largest absolute Gasteiger partial charge is 0.349 e. The Hall–Kier alpha value is -0.800. The third-order valence-electron chi connectivity index (χ3n) is 6.60. The van der Waals surface area contributed by atoms with Crippen LogP contribution in [0.4, 0.5) is 4.39 Å². The fourth-order valence-corrected chi connectivity index (χ4v) is 5.04. The molecule has 0 aromatic heterocycles. The maximum absolute atomic E-state index is 13.6. The first-order chi connectivity index (χ1) is 13.2. The second-order valence-electron chi connectivity index (χ2n) is 8.75. The Morgan fingerprint density at radius 1 is 1.19 bits per heavy atom. The van der Waals surface area contributed by atoms with Crippen molar-refractivity contribution in [3.05, 3.63) is 0 Å². The molecule has 3 heterocycles. The van der Waals surface area contributed by atoms with E-state index >= 15 is 0 Å². The molecule has 0 aromatic rings. The second kappa shape index (κ2) is 9.13. The van der Waals surface area contributed by atoms with E-state index in [0.29, 0.717) is 18.3 Å². The van der Waals surface area contributed by atoms with E-state index in [0.717, 1.165) is 71.2 Å². The number of rotatable bonds is 5. The predicted molar refractivity (Wildman–Crippen MR) is 100 cm³/mol. The quantitative estimate of drug-likeness (QED) is 0.553. The topological polar surface area (TPSA) is 77.7 Å². The molecule has 1 saturated carbocycles. The van der Waals surface area contributed by atoms with E-state index in [2.05, 4.69) is 26.5 Å². The van der Waals surface area contributed by atoms with Crippen LogP contribution in [0.2, 0.25) is 0 Å². The Balaban J connectivity index is 1.18. The summed E-state index contributed by atoms with van der Waals surface area (Å²) in [6, 6.07) is -0.161. The van der Waals surface area contributed by atoms with Crippen LogP contribution in [-0.4, -0.2) is 68.0 Å². The molecule has 1 amide bonds. The Morgan fingerprint density at radius 2 is 2.04 bits per heavy atom. The summed E-state index contributed by atoms with van der Waals surface area (Å²) in [4.78, 5) is 18.3. The predicted octanol–water partition coefficient (Wildman–Crippen LogP) is 0.481. The van der Waals surface area contributed by atoms with E-state index in [1.54, 1.807) is 0 Å². The number of alkyl halides is 1. The van der Waals surface area contributed by atoms with Crippen molar-refractivity contribution in [3.8, 4) is 0 Å². The van der Waals surface area contributed by atoms with Gasteiger partial charge in [-0.1, -0.05) is 6.42 Å². The normalized spacial score (nSPS) is 38.9. The summed E-state index contributed by atoms with van der Waals surface area (Å²) < 4.78 is 13.6. The number of hydrogen-bond acceptors (Lipinski definition) is 6. The van der Waals surface area contributed by atoms with Crippen LogP contribution in [0.1, 0.15) is 44.9 Å². The van der Waals surface area contributed by atoms with Gasteiger partial charge in [-0.15, -0.1) is 0 Å². The highest BCUT2D eigenvalue weighted by molar-refractivity contribution is 5.82. The molecule has 0 spiro atoms. The molecule has 5 atom stereocenters. The molecule has 27 heavy (non-hydrogen) atoms. The average molecular weight is 384 g/mol. The fraction of sp³-hybridized carbons (Fsp3) is 0.947. The molecule has 0 aromatic carbocycles. The lowest BCUT2D eigenvalue weighted by Crippen LogP contribution is -2.47. The number of carbonyl (C=O) groups is 1. The average Bonchev–Trinajstić information content (AvgIpc) is 3.32. The zero-order valence-electron chi connectivity index (χ0n) is 16.1. The van der Waals surface area contributed by atoms with Crippen LogP contribution < -0.4 is 21.5 Å². The van der Waals surface area contributed by atoms with Crippen LogP contribution in [0, 0.1) is 11.8 Å². The third-order valence-corrected chi connectivity index (χ3v) is 6.60. The van der Waals surface area contributed by atoms with Crippen molar-refractivity contribution in [2.45, 2.75) is 69.3 Å². The van der Waals surface area contributed by atoms with Crippen LogP contribution in [0.15, 0.2) is 0 Å². The maximum atomic E-state index is 13.6. The van der Waals surface area contributed by atoms with Crippen molar-refractivity contribution in [2.24, 2.45) is 11.8 Å². The van der Waals surface area contributed by atoms with Gasteiger partial charge in [0, 0.05) is 26.1 Å². The lowest BCUT2D eigenvalue weighted by Gasteiger charge is -2.28. The minimum atomic E-state index is -0.636. The standard InChI is InChI=1S/C19H34FN5O2/c20-15-3-1-2-13(8-15)11-25-12-16(10-22-25)23-19(26)17-9-18(27-24-17)14-4-6-21-7-5-14/h13-18,21-22,24H,1-12H2,(H,23,26). The van der Waals surface area contributed by atoms with Crippen molar-refractivity contribution < 1.29 is 14.0 Å². The molecule has 4 aliphatic rings. The Kier molecular flexibility index (Phi) is 6.60. The maximum Gasteiger partial charge on any atom is 0.239 e. The molecule has 154 valence electrons. The summed E-state index contributed by atoms with van der Waals surface area (Å²) in [6.07, 6.45) is 5.98. The van der Waals surface area contributed by atoms with Crippen LogP contribution in [0.25, 0.3) is 0 Å². The van der Waals surface area contributed by atoms with Gasteiger partial charge >= 0.3 is 0 Å². The van der Waals surface area contributed by atoms with Gasteiger partial charge in [0.25, 0.3) is 0 Å². The van der Waals surface area contributed by atoms with E-state index in [9.17, 15) is 9.18 Å². The summed E-state index contributed by atoms with van der Waals surface area (Å²) in [5, 5.41) is 8.67. The number of hydrogen-bond donors (Lipinski definition) is 4. The molecule has 0 radical (unpaired) electrons. The van der Waals surface area contributed by atoms with Crippen LogP contribution >= 0.6 is 0 Å². The first-order valence-corrected chi connectivity index (χ1v) is 10.7. The van der Waals surface area contributed by atoms with Crippen molar-refractivity contribution >= 4 is 5.91 Å². The Morgan fingerprint density at radius 3 is 2.85 bits per heavy atom. The Labute approximate surface area is 161 Å². The molecule has 7 nitrogen and oxygen atoms in total. The number of hydrazine groups is 1. The fourth-order valence-electron chi connectivity index (χ4n) is 5.04. The van der Waals surface area contributed by atoms with E-state index in [4.69, 9.17) is 4.84 Å². The van der Waals surface area contributed by atoms with Gasteiger partial charge in [-0.25, -0.2) is 9.40 Å². The minimum Gasteiger partial charge on any atom is -0.349 e. The minimum absolute atomic E-state index is 0.0292. The van der Waals surface area contributed by atoms with E-state index in [-0.39, 0.29) is 24.1 Å². The highest BCUT2D eigenvalue weighted by Crippen LogP contribution is 2.27. The molecule has 0 bridgehead atoms. The van der Waals surface area contributed by atoms with Crippen LogP contribution in [-0.2, 0) is 9.63 Å². The van der Waals surface area contributed by atoms with Crippen LogP contribution in [0.5, 0.6) is 0 Å². The summed E-state index contributed by atoms with van der Waals surface area (Å²) >= 11 is 0. The van der Waals surface area contributed by atoms with Gasteiger partial charge in [0.1, 0.15) is 12.2 Å². The number of amides is 1. The first-order valence-electron chi connectivity index (χ1n) is 10.7.